The van der Waals surface area contributed by atoms with Crippen molar-refractivity contribution >= 4 is 0 Å². The molecule has 1 saturated carbocycles. The fourth-order valence-corrected chi connectivity index (χ4v) is 2.68. The topological polar surface area (TPSA) is 20.2 Å². The molecular formula is C14H20O. The fourth-order valence-electron chi connectivity index (χ4n) is 2.68. The molecule has 2 unspecified atom stereocenters. The Kier molecular flexibility index (Phi) is 2.83. The van der Waals surface area contributed by atoms with Crippen LogP contribution in [-0.2, 0) is 11.8 Å². The molecule has 1 fully saturated rings. The summed E-state index contributed by atoms with van der Waals surface area (Å²) in [5, 5.41) is 9.23. The van der Waals surface area contributed by atoms with Crippen LogP contribution < -0.4 is 0 Å². The van der Waals surface area contributed by atoms with Crippen molar-refractivity contribution in [2.24, 2.45) is 5.92 Å². The van der Waals surface area contributed by atoms with E-state index in [0.29, 0.717) is 17.9 Å². The van der Waals surface area contributed by atoms with E-state index in [1.807, 2.05) is 0 Å². The van der Waals surface area contributed by atoms with Gasteiger partial charge in [-0.15, -0.1) is 0 Å². The van der Waals surface area contributed by atoms with Crippen LogP contribution in [0.15, 0.2) is 24.3 Å². The van der Waals surface area contributed by atoms with Gasteiger partial charge in [0.2, 0.25) is 0 Å². The number of hydrogen-bond donors (Lipinski definition) is 1. The zero-order chi connectivity index (χ0) is 10.9. The summed E-state index contributed by atoms with van der Waals surface area (Å²) >= 11 is 0. The molecule has 0 saturated heterocycles. The van der Waals surface area contributed by atoms with Gasteiger partial charge in [0.1, 0.15) is 0 Å². The highest BCUT2D eigenvalue weighted by Crippen LogP contribution is 2.56. The van der Waals surface area contributed by atoms with Crippen LogP contribution in [0.2, 0.25) is 0 Å². The van der Waals surface area contributed by atoms with E-state index in [1.165, 1.54) is 11.1 Å². The van der Waals surface area contributed by atoms with Crippen LogP contribution in [0.1, 0.15) is 37.8 Å². The third-order valence-electron chi connectivity index (χ3n) is 4.02. The van der Waals surface area contributed by atoms with Crippen molar-refractivity contribution in [3.63, 3.8) is 0 Å². The molecule has 82 valence electrons. The maximum Gasteiger partial charge on any atom is 0.0468 e. The number of aliphatic hydroxyl groups is 1. The van der Waals surface area contributed by atoms with Gasteiger partial charge in [0.25, 0.3) is 0 Å². The fraction of sp³-hybridized carbons (Fsp3) is 0.571. The minimum Gasteiger partial charge on any atom is -0.396 e. The van der Waals surface area contributed by atoms with Gasteiger partial charge in [-0.05, 0) is 36.3 Å². The summed E-state index contributed by atoms with van der Waals surface area (Å²) < 4.78 is 0. The number of aliphatic hydroxyl groups excluding tert-OH is 1. The van der Waals surface area contributed by atoms with Gasteiger partial charge in [-0.2, -0.15) is 0 Å². The van der Waals surface area contributed by atoms with Crippen LogP contribution >= 0.6 is 0 Å². The van der Waals surface area contributed by atoms with Crippen LogP contribution in [0.4, 0.5) is 0 Å². The molecule has 1 aliphatic carbocycles. The Bertz CT molecular complexity index is 328. The maximum atomic E-state index is 9.23. The van der Waals surface area contributed by atoms with E-state index in [4.69, 9.17) is 0 Å². The zero-order valence-corrected chi connectivity index (χ0v) is 9.66. The predicted molar refractivity (Wildman–Crippen MR) is 63.0 cm³/mol. The van der Waals surface area contributed by atoms with Gasteiger partial charge in [-0.25, -0.2) is 0 Å². The second-order valence-electron chi connectivity index (χ2n) is 4.64. The molecule has 0 amide bonds. The van der Waals surface area contributed by atoms with E-state index < -0.39 is 0 Å². The van der Waals surface area contributed by atoms with Gasteiger partial charge in [-0.1, -0.05) is 38.1 Å². The molecule has 0 aromatic heterocycles. The Morgan fingerprint density at radius 2 is 1.93 bits per heavy atom. The number of hydrogen-bond acceptors (Lipinski definition) is 1. The van der Waals surface area contributed by atoms with Crippen LogP contribution in [0.25, 0.3) is 0 Å². The molecule has 0 bridgehead atoms. The number of aryl methyl sites for hydroxylation is 1. The average Bonchev–Trinajstić information content (AvgIpc) is 3.04. The monoisotopic (exact) mass is 204 g/mol. The maximum absolute atomic E-state index is 9.23. The number of benzene rings is 1. The summed E-state index contributed by atoms with van der Waals surface area (Å²) in [6.45, 7) is 4.74. The van der Waals surface area contributed by atoms with Crippen molar-refractivity contribution in [3.8, 4) is 0 Å². The SMILES string of the molecule is CCc1ccc(C2(CC)CC2CO)cc1. The zero-order valence-electron chi connectivity index (χ0n) is 9.66. The van der Waals surface area contributed by atoms with Crippen molar-refractivity contribution in [3.05, 3.63) is 35.4 Å². The van der Waals surface area contributed by atoms with E-state index in [9.17, 15) is 5.11 Å². The van der Waals surface area contributed by atoms with Gasteiger partial charge < -0.3 is 5.11 Å². The molecule has 1 aromatic carbocycles. The first-order valence-electron chi connectivity index (χ1n) is 5.97. The minimum atomic E-state index is 0.293. The highest BCUT2D eigenvalue weighted by molar-refractivity contribution is 5.35. The lowest BCUT2D eigenvalue weighted by Crippen LogP contribution is -2.10. The third kappa shape index (κ3) is 1.69. The summed E-state index contributed by atoms with van der Waals surface area (Å²) in [6.07, 6.45) is 3.40. The third-order valence-corrected chi connectivity index (χ3v) is 4.02. The molecule has 1 aromatic rings. The highest BCUT2D eigenvalue weighted by Gasteiger charge is 2.52. The molecule has 1 heteroatoms. The molecule has 0 aliphatic heterocycles. The Morgan fingerprint density at radius 3 is 2.33 bits per heavy atom. The molecule has 1 aliphatic rings. The Labute approximate surface area is 92.1 Å². The standard InChI is InChI=1S/C14H20O/c1-3-11-5-7-12(8-6-11)14(4-2)9-13(14)10-15/h5-8,13,15H,3-4,9-10H2,1-2H3. The van der Waals surface area contributed by atoms with Gasteiger partial charge in [0.05, 0.1) is 0 Å². The molecule has 0 radical (unpaired) electrons. The minimum absolute atomic E-state index is 0.293. The Balaban J connectivity index is 2.22. The molecule has 15 heavy (non-hydrogen) atoms. The lowest BCUT2D eigenvalue weighted by molar-refractivity contribution is 0.262. The average molecular weight is 204 g/mol. The van der Waals surface area contributed by atoms with Gasteiger partial charge >= 0.3 is 0 Å². The summed E-state index contributed by atoms with van der Waals surface area (Å²) in [5.41, 5.74) is 3.11. The Morgan fingerprint density at radius 1 is 1.27 bits per heavy atom. The summed E-state index contributed by atoms with van der Waals surface area (Å²) in [5.74, 6) is 0.495. The van der Waals surface area contributed by atoms with Crippen molar-refractivity contribution in [1.82, 2.24) is 0 Å². The predicted octanol–water partition coefficient (Wildman–Crippen LogP) is 2.91. The normalized spacial score (nSPS) is 29.1. The summed E-state index contributed by atoms with van der Waals surface area (Å²) in [6, 6.07) is 8.94. The second-order valence-corrected chi connectivity index (χ2v) is 4.64. The summed E-state index contributed by atoms with van der Waals surface area (Å²) in [4.78, 5) is 0. The van der Waals surface area contributed by atoms with Crippen molar-refractivity contribution in [1.29, 1.82) is 0 Å². The largest absolute Gasteiger partial charge is 0.396 e. The molecule has 0 spiro atoms. The van der Waals surface area contributed by atoms with Crippen molar-refractivity contribution < 1.29 is 5.11 Å². The quantitative estimate of drug-likeness (QED) is 0.799. The molecule has 0 heterocycles. The first-order chi connectivity index (χ1) is 7.26. The van der Waals surface area contributed by atoms with Crippen molar-refractivity contribution in [2.45, 2.75) is 38.5 Å². The van der Waals surface area contributed by atoms with E-state index in [2.05, 4.69) is 38.1 Å². The number of rotatable bonds is 4. The van der Waals surface area contributed by atoms with E-state index >= 15 is 0 Å². The van der Waals surface area contributed by atoms with Gasteiger partial charge in [0, 0.05) is 12.0 Å². The molecule has 2 rings (SSSR count). The first kappa shape index (κ1) is 10.7. The smallest absolute Gasteiger partial charge is 0.0468 e. The lowest BCUT2D eigenvalue weighted by atomic mass is 9.90. The van der Waals surface area contributed by atoms with Crippen LogP contribution in [0, 0.1) is 5.92 Å². The molecule has 2 atom stereocenters. The van der Waals surface area contributed by atoms with Crippen LogP contribution in [-0.4, -0.2) is 11.7 Å². The second kappa shape index (κ2) is 3.97. The van der Waals surface area contributed by atoms with E-state index in [-0.39, 0.29) is 0 Å². The first-order valence-corrected chi connectivity index (χ1v) is 5.97. The van der Waals surface area contributed by atoms with E-state index in [1.54, 1.807) is 0 Å². The van der Waals surface area contributed by atoms with E-state index in [0.717, 1.165) is 19.3 Å². The highest BCUT2D eigenvalue weighted by atomic mass is 16.3. The van der Waals surface area contributed by atoms with Crippen molar-refractivity contribution in [2.75, 3.05) is 6.61 Å². The molecule has 1 N–H and O–H groups in total. The van der Waals surface area contributed by atoms with Crippen LogP contribution in [0.5, 0.6) is 0 Å². The van der Waals surface area contributed by atoms with Gasteiger partial charge in [-0.3, -0.25) is 0 Å². The lowest BCUT2D eigenvalue weighted by Gasteiger charge is -2.15. The Hall–Kier alpha value is -0.820. The summed E-state index contributed by atoms with van der Waals surface area (Å²) in [7, 11) is 0. The van der Waals surface area contributed by atoms with Crippen LogP contribution in [0.3, 0.4) is 0 Å². The molecular weight excluding hydrogens is 184 g/mol. The van der Waals surface area contributed by atoms with Gasteiger partial charge in [0.15, 0.2) is 0 Å². The molecule has 1 nitrogen and oxygen atoms in total.